The van der Waals surface area contributed by atoms with Crippen molar-refractivity contribution in [3.8, 4) is 0 Å². The van der Waals surface area contributed by atoms with Crippen LogP contribution < -0.4 is 0 Å². The average molecular weight is 402 g/mol. The number of aliphatic imine (C=N–C) groups is 1. The number of carbonyl (C=O) groups excluding carboxylic acids is 1. The number of piperazine rings is 1. The summed E-state index contributed by atoms with van der Waals surface area (Å²) in [6.45, 7) is 8.83. The highest BCUT2D eigenvalue weighted by Gasteiger charge is 2.25. The highest BCUT2D eigenvalue weighted by atomic mass is 16.2. The Bertz CT molecular complexity index is 1050. The fourth-order valence-corrected chi connectivity index (χ4v) is 3.89. The van der Waals surface area contributed by atoms with Crippen LogP contribution in [0.25, 0.3) is 10.8 Å². The van der Waals surface area contributed by atoms with E-state index in [4.69, 9.17) is 0 Å². The first kappa shape index (κ1) is 19.9. The molecule has 2 aliphatic heterocycles. The van der Waals surface area contributed by atoms with Crippen molar-refractivity contribution in [1.82, 2.24) is 14.8 Å². The van der Waals surface area contributed by atoms with Gasteiger partial charge < -0.3 is 9.80 Å². The fourth-order valence-electron chi connectivity index (χ4n) is 3.89. The minimum Gasteiger partial charge on any atom is -0.352 e. The Morgan fingerprint density at radius 3 is 2.57 bits per heavy atom. The molecule has 1 amide bonds. The van der Waals surface area contributed by atoms with E-state index in [1.807, 2.05) is 42.2 Å². The van der Waals surface area contributed by atoms with Crippen LogP contribution in [-0.2, 0) is 11.2 Å². The summed E-state index contributed by atoms with van der Waals surface area (Å²) in [5.41, 5.74) is 1.88. The first-order valence-corrected chi connectivity index (χ1v) is 10.3. The number of allylic oxidation sites excluding steroid dienone is 1. The van der Waals surface area contributed by atoms with Gasteiger partial charge in [0, 0.05) is 33.2 Å². The van der Waals surface area contributed by atoms with Gasteiger partial charge in [0.2, 0.25) is 5.91 Å². The van der Waals surface area contributed by atoms with E-state index < -0.39 is 0 Å². The predicted molar refractivity (Wildman–Crippen MR) is 122 cm³/mol. The van der Waals surface area contributed by atoms with Crippen molar-refractivity contribution in [1.29, 1.82) is 0 Å². The average Bonchev–Trinajstić information content (AvgIpc) is 2.79. The number of hydrazone groups is 1. The van der Waals surface area contributed by atoms with Gasteiger partial charge in [0.15, 0.2) is 0 Å². The molecular weight excluding hydrogens is 374 g/mol. The summed E-state index contributed by atoms with van der Waals surface area (Å²) in [5.74, 6) is 1.85. The number of nitrogens with zero attached hydrogens (tertiary/aromatic N) is 5. The van der Waals surface area contributed by atoms with Gasteiger partial charge in [-0.3, -0.25) is 9.79 Å². The van der Waals surface area contributed by atoms with E-state index >= 15 is 0 Å². The number of carbonyl (C=O) groups is 1. The molecule has 4 rings (SSSR count). The van der Waals surface area contributed by atoms with Crippen LogP contribution in [0.4, 0.5) is 0 Å². The fraction of sp³-hybridized carbons (Fsp3) is 0.292. The normalized spacial score (nSPS) is 17.5. The van der Waals surface area contributed by atoms with Gasteiger partial charge in [0.25, 0.3) is 0 Å². The van der Waals surface area contributed by atoms with Crippen molar-refractivity contribution in [3.63, 3.8) is 0 Å². The van der Waals surface area contributed by atoms with E-state index in [0.717, 1.165) is 41.4 Å². The van der Waals surface area contributed by atoms with Crippen LogP contribution in [0.1, 0.15) is 12.5 Å². The van der Waals surface area contributed by atoms with E-state index in [0.29, 0.717) is 19.5 Å². The van der Waals surface area contributed by atoms with Gasteiger partial charge in [-0.15, -0.1) is 5.10 Å². The molecule has 0 saturated carbocycles. The van der Waals surface area contributed by atoms with Crippen LogP contribution in [-0.4, -0.2) is 65.6 Å². The standard InChI is InChI=1S/C24H27N5O/c1-18-11-12-23(26-29(18)19(2)25-3)27-13-15-28(16-14-27)24(30)17-21-9-6-8-20-7-4-5-10-22(20)21/h4-12H,1,13-17H2,2-3H3. The molecule has 2 aromatic carbocycles. The molecule has 0 bridgehead atoms. The van der Waals surface area contributed by atoms with Gasteiger partial charge in [-0.2, -0.15) is 0 Å². The van der Waals surface area contributed by atoms with Crippen molar-refractivity contribution in [2.24, 2.45) is 10.1 Å². The Morgan fingerprint density at radius 2 is 1.80 bits per heavy atom. The molecule has 2 aliphatic rings. The van der Waals surface area contributed by atoms with Crippen LogP contribution in [0.15, 0.2) is 77.0 Å². The molecule has 0 unspecified atom stereocenters. The third kappa shape index (κ3) is 3.99. The molecule has 6 nitrogen and oxygen atoms in total. The van der Waals surface area contributed by atoms with Crippen LogP contribution in [0, 0.1) is 0 Å². The molecular formula is C24H27N5O. The van der Waals surface area contributed by atoms with E-state index in [-0.39, 0.29) is 5.91 Å². The number of hydrogen-bond acceptors (Lipinski definition) is 4. The lowest BCUT2D eigenvalue weighted by molar-refractivity contribution is -0.131. The molecule has 30 heavy (non-hydrogen) atoms. The largest absolute Gasteiger partial charge is 0.352 e. The SMILES string of the molecule is C=C1C=CC(N2CCN(C(=O)Cc3cccc4ccccc34)CC2)=NN1C(C)=NC. The van der Waals surface area contributed by atoms with E-state index in [2.05, 4.69) is 45.8 Å². The molecule has 0 atom stereocenters. The van der Waals surface area contributed by atoms with Crippen LogP contribution >= 0.6 is 0 Å². The van der Waals surface area contributed by atoms with Gasteiger partial charge >= 0.3 is 0 Å². The molecule has 6 heteroatoms. The Balaban J connectivity index is 1.40. The topological polar surface area (TPSA) is 51.5 Å². The number of fused-ring (bicyclic) bond motifs is 1. The lowest BCUT2D eigenvalue weighted by atomic mass is 10.0. The maximum atomic E-state index is 12.9. The van der Waals surface area contributed by atoms with Crippen LogP contribution in [0.5, 0.6) is 0 Å². The zero-order valence-electron chi connectivity index (χ0n) is 17.6. The summed E-state index contributed by atoms with van der Waals surface area (Å²) < 4.78 is 0. The summed E-state index contributed by atoms with van der Waals surface area (Å²) >= 11 is 0. The van der Waals surface area contributed by atoms with Crippen molar-refractivity contribution >= 4 is 28.4 Å². The van der Waals surface area contributed by atoms with Crippen molar-refractivity contribution in [3.05, 3.63) is 72.5 Å². The zero-order valence-corrected chi connectivity index (χ0v) is 17.6. The van der Waals surface area contributed by atoms with E-state index in [1.165, 1.54) is 5.39 Å². The van der Waals surface area contributed by atoms with Crippen molar-refractivity contribution < 1.29 is 4.79 Å². The van der Waals surface area contributed by atoms with Gasteiger partial charge in [-0.25, -0.2) is 5.01 Å². The number of benzene rings is 2. The minimum atomic E-state index is 0.177. The Morgan fingerprint density at radius 1 is 1.07 bits per heavy atom. The third-order valence-electron chi connectivity index (χ3n) is 5.71. The number of hydrogen-bond donors (Lipinski definition) is 0. The highest BCUT2D eigenvalue weighted by Crippen LogP contribution is 2.20. The lowest BCUT2D eigenvalue weighted by Gasteiger charge is -2.37. The number of amides is 1. The van der Waals surface area contributed by atoms with Crippen molar-refractivity contribution in [2.45, 2.75) is 13.3 Å². The summed E-state index contributed by atoms with van der Waals surface area (Å²) in [6, 6.07) is 14.4. The molecule has 0 aliphatic carbocycles. The molecule has 2 aromatic rings. The molecule has 0 spiro atoms. The maximum absolute atomic E-state index is 12.9. The summed E-state index contributed by atoms with van der Waals surface area (Å²) in [4.78, 5) is 21.3. The quantitative estimate of drug-likeness (QED) is 0.573. The highest BCUT2D eigenvalue weighted by molar-refractivity contribution is 5.96. The number of rotatable bonds is 2. The van der Waals surface area contributed by atoms with Gasteiger partial charge in [0.05, 0.1) is 12.1 Å². The van der Waals surface area contributed by atoms with Crippen LogP contribution in [0.2, 0.25) is 0 Å². The first-order valence-electron chi connectivity index (χ1n) is 10.3. The lowest BCUT2D eigenvalue weighted by Crippen LogP contribution is -2.51. The summed E-state index contributed by atoms with van der Waals surface area (Å²) in [7, 11) is 1.75. The Labute approximate surface area is 177 Å². The molecule has 0 N–H and O–H groups in total. The minimum absolute atomic E-state index is 0.177. The third-order valence-corrected chi connectivity index (χ3v) is 5.71. The number of amidine groups is 2. The second-order valence-electron chi connectivity index (χ2n) is 7.55. The maximum Gasteiger partial charge on any atom is 0.227 e. The summed E-state index contributed by atoms with van der Waals surface area (Å²) in [6.07, 6.45) is 4.37. The molecule has 0 radical (unpaired) electrons. The second kappa shape index (κ2) is 8.53. The van der Waals surface area contributed by atoms with Gasteiger partial charge in [-0.05, 0) is 35.4 Å². The zero-order chi connectivity index (χ0) is 21.1. The monoisotopic (exact) mass is 401 g/mol. The molecule has 1 saturated heterocycles. The second-order valence-corrected chi connectivity index (χ2v) is 7.55. The van der Waals surface area contributed by atoms with E-state index in [1.54, 1.807) is 12.1 Å². The van der Waals surface area contributed by atoms with E-state index in [9.17, 15) is 4.79 Å². The molecule has 154 valence electrons. The smallest absolute Gasteiger partial charge is 0.227 e. The molecule has 0 aromatic heterocycles. The predicted octanol–water partition coefficient (Wildman–Crippen LogP) is 3.27. The van der Waals surface area contributed by atoms with Crippen molar-refractivity contribution in [2.75, 3.05) is 33.2 Å². The van der Waals surface area contributed by atoms with Crippen LogP contribution in [0.3, 0.4) is 0 Å². The molecule has 1 fully saturated rings. The Hall–Kier alpha value is -3.41. The van der Waals surface area contributed by atoms with Gasteiger partial charge in [0.1, 0.15) is 11.7 Å². The van der Waals surface area contributed by atoms with Gasteiger partial charge in [-0.1, -0.05) is 49.0 Å². The summed E-state index contributed by atoms with van der Waals surface area (Å²) in [5, 5.41) is 8.77. The Kier molecular flexibility index (Phi) is 5.65. The molecule has 2 heterocycles. The first-order chi connectivity index (χ1) is 14.6.